The van der Waals surface area contributed by atoms with Gasteiger partial charge in [0, 0.05) is 45.4 Å². The lowest BCUT2D eigenvalue weighted by atomic mass is 10.0. The number of amides is 3. The summed E-state index contributed by atoms with van der Waals surface area (Å²) in [6.45, 7) is 8.34. The Bertz CT molecular complexity index is 436. The van der Waals surface area contributed by atoms with Crippen LogP contribution in [0.4, 0.5) is 9.59 Å². The van der Waals surface area contributed by atoms with Crippen molar-refractivity contribution in [2.24, 2.45) is 0 Å². The van der Waals surface area contributed by atoms with Crippen molar-refractivity contribution in [3.05, 3.63) is 0 Å². The van der Waals surface area contributed by atoms with Crippen LogP contribution in [0.1, 0.15) is 46.5 Å². The third-order valence-corrected chi connectivity index (χ3v) is 4.53. The van der Waals surface area contributed by atoms with Gasteiger partial charge in [-0.1, -0.05) is 0 Å². The molecule has 1 N–H and O–H groups in total. The molecule has 2 aliphatic rings. The van der Waals surface area contributed by atoms with Gasteiger partial charge in [0.05, 0.1) is 0 Å². The lowest BCUT2D eigenvalue weighted by Crippen LogP contribution is -2.52. The SMILES string of the molecule is CN(C(=O)OC(C)(C)C)C1CCN(C(=O)NC2CCOCC2)CC1. The highest BCUT2D eigenvalue weighted by atomic mass is 16.6. The van der Waals surface area contributed by atoms with Gasteiger partial charge < -0.3 is 24.6 Å². The number of nitrogens with one attached hydrogen (secondary N) is 1. The molecule has 0 aromatic rings. The Morgan fingerprint density at radius 2 is 1.71 bits per heavy atom. The van der Waals surface area contributed by atoms with E-state index in [0.717, 1.165) is 25.7 Å². The predicted molar refractivity (Wildman–Crippen MR) is 91.0 cm³/mol. The lowest BCUT2D eigenvalue weighted by Gasteiger charge is -2.38. The monoisotopic (exact) mass is 341 g/mol. The van der Waals surface area contributed by atoms with Gasteiger partial charge in [-0.15, -0.1) is 0 Å². The van der Waals surface area contributed by atoms with Gasteiger partial charge >= 0.3 is 12.1 Å². The Balaban J connectivity index is 1.75. The molecule has 7 nitrogen and oxygen atoms in total. The molecule has 24 heavy (non-hydrogen) atoms. The molecule has 0 aliphatic carbocycles. The Labute approximate surface area is 144 Å². The molecule has 3 amide bonds. The van der Waals surface area contributed by atoms with Crippen molar-refractivity contribution in [2.45, 2.75) is 64.1 Å². The maximum absolute atomic E-state index is 12.3. The van der Waals surface area contributed by atoms with Crippen molar-refractivity contribution in [2.75, 3.05) is 33.4 Å². The van der Waals surface area contributed by atoms with E-state index in [0.29, 0.717) is 26.3 Å². The first-order valence-electron chi connectivity index (χ1n) is 8.85. The predicted octanol–water partition coefficient (Wildman–Crippen LogP) is 2.21. The minimum atomic E-state index is -0.490. The second-order valence-corrected chi connectivity index (χ2v) is 7.65. The number of carbonyl (C=O) groups is 2. The van der Waals surface area contributed by atoms with Gasteiger partial charge in [0.2, 0.25) is 0 Å². The van der Waals surface area contributed by atoms with Gasteiger partial charge in [0.25, 0.3) is 0 Å². The number of hydrogen-bond donors (Lipinski definition) is 1. The minimum absolute atomic E-state index is 0.000251. The van der Waals surface area contributed by atoms with Gasteiger partial charge in [-0.25, -0.2) is 9.59 Å². The average Bonchev–Trinajstić information content (AvgIpc) is 2.53. The molecule has 2 fully saturated rings. The summed E-state index contributed by atoms with van der Waals surface area (Å²) in [6, 6.07) is 0.334. The fraction of sp³-hybridized carbons (Fsp3) is 0.882. The summed E-state index contributed by atoms with van der Waals surface area (Å²) >= 11 is 0. The van der Waals surface area contributed by atoms with Crippen LogP contribution in [-0.2, 0) is 9.47 Å². The van der Waals surface area contributed by atoms with Crippen molar-refractivity contribution in [1.29, 1.82) is 0 Å². The molecule has 0 atom stereocenters. The van der Waals surface area contributed by atoms with Gasteiger partial charge in [-0.2, -0.15) is 0 Å². The van der Waals surface area contributed by atoms with Crippen molar-refractivity contribution >= 4 is 12.1 Å². The molecule has 0 aromatic heterocycles. The van der Waals surface area contributed by atoms with Crippen LogP contribution in [0.3, 0.4) is 0 Å². The van der Waals surface area contributed by atoms with Crippen LogP contribution in [-0.4, -0.2) is 73.0 Å². The molecule has 2 aliphatic heterocycles. The van der Waals surface area contributed by atoms with Crippen LogP contribution in [0.2, 0.25) is 0 Å². The molecule has 2 rings (SSSR count). The first-order valence-corrected chi connectivity index (χ1v) is 8.85. The van der Waals surface area contributed by atoms with E-state index in [4.69, 9.17) is 9.47 Å². The second-order valence-electron chi connectivity index (χ2n) is 7.65. The number of hydrogen-bond acceptors (Lipinski definition) is 4. The largest absolute Gasteiger partial charge is 0.444 e. The van der Waals surface area contributed by atoms with E-state index in [-0.39, 0.29) is 24.2 Å². The van der Waals surface area contributed by atoms with Crippen LogP contribution < -0.4 is 5.32 Å². The lowest BCUT2D eigenvalue weighted by molar-refractivity contribution is 0.0167. The molecule has 0 bridgehead atoms. The third-order valence-electron chi connectivity index (χ3n) is 4.53. The standard InChI is InChI=1S/C17H31N3O4/c1-17(2,3)24-16(22)19(4)14-5-9-20(10-6-14)15(21)18-13-7-11-23-12-8-13/h13-14H,5-12H2,1-4H3,(H,18,21). The molecule has 0 saturated carbocycles. The normalized spacial score (nSPS) is 20.6. The zero-order valence-corrected chi connectivity index (χ0v) is 15.3. The van der Waals surface area contributed by atoms with Crippen LogP contribution in [0, 0.1) is 0 Å². The average molecular weight is 341 g/mol. The molecular formula is C17H31N3O4. The van der Waals surface area contributed by atoms with E-state index >= 15 is 0 Å². The number of piperidine rings is 1. The summed E-state index contributed by atoms with van der Waals surface area (Å²) in [7, 11) is 1.77. The Hall–Kier alpha value is -1.50. The summed E-state index contributed by atoms with van der Waals surface area (Å²) in [5.74, 6) is 0. The molecule has 0 spiro atoms. The summed E-state index contributed by atoms with van der Waals surface area (Å²) in [5, 5.41) is 3.09. The van der Waals surface area contributed by atoms with Crippen LogP contribution in [0.15, 0.2) is 0 Å². The molecule has 0 radical (unpaired) electrons. The summed E-state index contributed by atoms with van der Waals surface area (Å²) in [6.07, 6.45) is 3.01. The number of urea groups is 1. The van der Waals surface area contributed by atoms with E-state index < -0.39 is 5.60 Å². The van der Waals surface area contributed by atoms with Crippen molar-refractivity contribution < 1.29 is 19.1 Å². The van der Waals surface area contributed by atoms with E-state index in [9.17, 15) is 9.59 Å². The maximum Gasteiger partial charge on any atom is 0.410 e. The Kier molecular flexibility index (Phi) is 6.32. The topological polar surface area (TPSA) is 71.1 Å². The van der Waals surface area contributed by atoms with E-state index in [1.165, 1.54) is 0 Å². The number of likely N-dealkylation sites (tertiary alicyclic amines) is 1. The third kappa shape index (κ3) is 5.54. The van der Waals surface area contributed by atoms with Crippen LogP contribution >= 0.6 is 0 Å². The number of rotatable bonds is 2. The minimum Gasteiger partial charge on any atom is -0.444 e. The Morgan fingerprint density at radius 3 is 2.25 bits per heavy atom. The molecular weight excluding hydrogens is 310 g/mol. The van der Waals surface area contributed by atoms with E-state index in [1.54, 1.807) is 11.9 Å². The summed E-state index contributed by atoms with van der Waals surface area (Å²) in [5.41, 5.74) is -0.490. The van der Waals surface area contributed by atoms with Crippen molar-refractivity contribution in [1.82, 2.24) is 15.1 Å². The fourth-order valence-electron chi connectivity index (χ4n) is 3.05. The van der Waals surface area contributed by atoms with Gasteiger partial charge in [0.1, 0.15) is 5.60 Å². The number of nitrogens with zero attached hydrogens (tertiary/aromatic N) is 2. The number of ether oxygens (including phenoxy) is 2. The van der Waals surface area contributed by atoms with Gasteiger partial charge in [-0.3, -0.25) is 0 Å². The molecule has 7 heteroatoms. The van der Waals surface area contributed by atoms with E-state index in [1.807, 2.05) is 25.7 Å². The van der Waals surface area contributed by atoms with Crippen LogP contribution in [0.25, 0.3) is 0 Å². The highest BCUT2D eigenvalue weighted by molar-refractivity contribution is 5.74. The highest BCUT2D eigenvalue weighted by Crippen LogP contribution is 2.19. The zero-order valence-electron chi connectivity index (χ0n) is 15.3. The maximum atomic E-state index is 12.3. The Morgan fingerprint density at radius 1 is 1.12 bits per heavy atom. The van der Waals surface area contributed by atoms with Gasteiger partial charge in [-0.05, 0) is 46.5 Å². The van der Waals surface area contributed by atoms with Crippen molar-refractivity contribution in [3.8, 4) is 0 Å². The smallest absolute Gasteiger partial charge is 0.410 e. The molecule has 2 heterocycles. The van der Waals surface area contributed by atoms with E-state index in [2.05, 4.69) is 5.32 Å². The second kappa shape index (κ2) is 8.05. The summed E-state index contributed by atoms with van der Waals surface area (Å²) in [4.78, 5) is 28.0. The number of carbonyl (C=O) groups excluding carboxylic acids is 2. The molecule has 0 unspecified atom stereocenters. The first kappa shape index (κ1) is 18.8. The summed E-state index contributed by atoms with van der Waals surface area (Å²) < 4.78 is 10.7. The molecule has 0 aromatic carbocycles. The van der Waals surface area contributed by atoms with Gasteiger partial charge in [0.15, 0.2) is 0 Å². The zero-order chi connectivity index (χ0) is 17.7. The van der Waals surface area contributed by atoms with Crippen molar-refractivity contribution in [3.63, 3.8) is 0 Å². The quantitative estimate of drug-likeness (QED) is 0.836. The fourth-order valence-corrected chi connectivity index (χ4v) is 3.05. The molecule has 138 valence electrons. The molecule has 2 saturated heterocycles. The van der Waals surface area contributed by atoms with Crippen LogP contribution in [0.5, 0.6) is 0 Å². The first-order chi connectivity index (χ1) is 11.3. The highest BCUT2D eigenvalue weighted by Gasteiger charge is 2.30.